The number of H-pyrrole nitrogens is 1. The van der Waals surface area contributed by atoms with Gasteiger partial charge in [-0.3, -0.25) is 4.79 Å². The number of rotatable bonds is 4. The number of aromatic amines is 1. The summed E-state index contributed by atoms with van der Waals surface area (Å²) in [5.74, 6) is -1.23. The Morgan fingerprint density at radius 1 is 0.966 bits per heavy atom. The second-order valence-electron chi connectivity index (χ2n) is 6.79. The van der Waals surface area contributed by atoms with Crippen LogP contribution in [-0.4, -0.2) is 36.4 Å². The quantitative estimate of drug-likeness (QED) is 0.530. The van der Waals surface area contributed by atoms with E-state index in [4.69, 9.17) is 9.47 Å². The van der Waals surface area contributed by atoms with E-state index in [9.17, 15) is 14.4 Å². The predicted molar refractivity (Wildman–Crippen MR) is 107 cm³/mol. The number of carbonyl (C=O) groups excluding carboxylic acids is 3. The molecular formula is C23H19NO5. The number of hydrogen-bond donors (Lipinski definition) is 1. The summed E-state index contributed by atoms with van der Waals surface area (Å²) >= 11 is 0. The second-order valence-corrected chi connectivity index (χ2v) is 6.79. The summed E-state index contributed by atoms with van der Waals surface area (Å²) in [6.07, 6.45) is 0. The van der Waals surface area contributed by atoms with Crippen molar-refractivity contribution < 1.29 is 23.9 Å². The number of ether oxygens (including phenoxy) is 2. The minimum Gasteiger partial charge on any atom is -0.465 e. The fourth-order valence-corrected chi connectivity index (χ4v) is 3.62. The molecule has 146 valence electrons. The average molecular weight is 389 g/mol. The van der Waals surface area contributed by atoms with E-state index in [-0.39, 0.29) is 18.1 Å². The molecule has 1 heterocycles. The topological polar surface area (TPSA) is 85.5 Å². The predicted octanol–water partition coefficient (Wildman–Crippen LogP) is 4.16. The summed E-state index contributed by atoms with van der Waals surface area (Å²) in [4.78, 5) is 40.8. The Hall–Kier alpha value is -3.67. The zero-order valence-electron chi connectivity index (χ0n) is 16.3. The van der Waals surface area contributed by atoms with Gasteiger partial charge in [0.2, 0.25) is 0 Å². The van der Waals surface area contributed by atoms with Crippen LogP contribution in [0.1, 0.15) is 49.3 Å². The Labute approximate surface area is 167 Å². The van der Waals surface area contributed by atoms with Crippen molar-refractivity contribution in [2.24, 2.45) is 0 Å². The maximum atomic E-state index is 13.2. The van der Waals surface area contributed by atoms with E-state index in [0.717, 1.165) is 11.1 Å². The van der Waals surface area contributed by atoms with E-state index in [1.165, 1.54) is 7.11 Å². The average Bonchev–Trinajstić information content (AvgIpc) is 3.24. The SMILES string of the molecule is CCOC(=O)c1[nH]c2c(c1-c1ccc(C)cc1)C(=O)c1ccc(C(=O)OC)cc1-2. The second kappa shape index (κ2) is 7.05. The van der Waals surface area contributed by atoms with Crippen LogP contribution in [0, 0.1) is 6.92 Å². The molecule has 6 heteroatoms. The third kappa shape index (κ3) is 2.93. The van der Waals surface area contributed by atoms with Gasteiger partial charge in [-0.05, 0) is 37.6 Å². The lowest BCUT2D eigenvalue weighted by Crippen LogP contribution is -2.08. The van der Waals surface area contributed by atoms with E-state index >= 15 is 0 Å². The number of carbonyl (C=O) groups is 3. The van der Waals surface area contributed by atoms with Crippen molar-refractivity contribution >= 4 is 17.7 Å². The van der Waals surface area contributed by atoms with Crippen molar-refractivity contribution in [2.45, 2.75) is 13.8 Å². The van der Waals surface area contributed by atoms with Crippen molar-refractivity contribution in [2.75, 3.05) is 13.7 Å². The summed E-state index contributed by atoms with van der Waals surface area (Å²) in [6.45, 7) is 3.91. The van der Waals surface area contributed by atoms with Crippen LogP contribution < -0.4 is 0 Å². The number of ketones is 1. The van der Waals surface area contributed by atoms with Gasteiger partial charge in [-0.1, -0.05) is 29.8 Å². The van der Waals surface area contributed by atoms with Crippen molar-refractivity contribution in [1.82, 2.24) is 4.98 Å². The third-order valence-corrected chi connectivity index (χ3v) is 5.00. The number of methoxy groups -OCH3 is 1. The first-order chi connectivity index (χ1) is 14.0. The van der Waals surface area contributed by atoms with Gasteiger partial charge in [-0.15, -0.1) is 0 Å². The third-order valence-electron chi connectivity index (χ3n) is 5.00. The van der Waals surface area contributed by atoms with Crippen LogP contribution in [-0.2, 0) is 9.47 Å². The highest BCUT2D eigenvalue weighted by molar-refractivity contribution is 6.26. The minimum atomic E-state index is -0.532. The number of aryl methyl sites for hydroxylation is 1. The zero-order chi connectivity index (χ0) is 20.7. The Kier molecular flexibility index (Phi) is 4.54. The first kappa shape index (κ1) is 18.7. The zero-order valence-corrected chi connectivity index (χ0v) is 16.3. The van der Waals surface area contributed by atoms with Gasteiger partial charge in [-0.25, -0.2) is 9.59 Å². The van der Waals surface area contributed by atoms with Gasteiger partial charge in [0.05, 0.1) is 30.5 Å². The highest BCUT2D eigenvalue weighted by Gasteiger charge is 2.36. The van der Waals surface area contributed by atoms with Gasteiger partial charge < -0.3 is 14.5 Å². The molecule has 6 nitrogen and oxygen atoms in total. The number of fused-ring (bicyclic) bond motifs is 3. The fraction of sp³-hybridized carbons (Fsp3) is 0.174. The molecule has 0 amide bonds. The highest BCUT2D eigenvalue weighted by Crippen LogP contribution is 2.44. The van der Waals surface area contributed by atoms with Crippen LogP contribution in [0.2, 0.25) is 0 Å². The van der Waals surface area contributed by atoms with Crippen molar-refractivity contribution in [3.63, 3.8) is 0 Å². The summed E-state index contributed by atoms with van der Waals surface area (Å²) in [5, 5.41) is 0. The maximum absolute atomic E-state index is 13.2. The van der Waals surface area contributed by atoms with Crippen LogP contribution in [0.4, 0.5) is 0 Å². The Bertz CT molecular complexity index is 1150. The van der Waals surface area contributed by atoms with Crippen molar-refractivity contribution in [1.29, 1.82) is 0 Å². The first-order valence-corrected chi connectivity index (χ1v) is 9.23. The summed E-state index contributed by atoms with van der Waals surface area (Å²) in [5.41, 5.74) is 4.84. The number of nitrogens with one attached hydrogen (secondary N) is 1. The molecule has 0 aliphatic heterocycles. The molecule has 1 aliphatic carbocycles. The smallest absolute Gasteiger partial charge is 0.355 e. The summed E-state index contributed by atoms with van der Waals surface area (Å²) in [6, 6.07) is 12.4. The normalized spacial score (nSPS) is 11.8. The number of esters is 2. The monoisotopic (exact) mass is 389 g/mol. The molecule has 1 aromatic heterocycles. The van der Waals surface area contributed by atoms with Crippen molar-refractivity contribution in [3.8, 4) is 22.4 Å². The summed E-state index contributed by atoms with van der Waals surface area (Å²) < 4.78 is 9.98. The van der Waals surface area contributed by atoms with E-state index < -0.39 is 11.9 Å². The van der Waals surface area contributed by atoms with Crippen LogP contribution >= 0.6 is 0 Å². The Morgan fingerprint density at radius 2 is 1.69 bits per heavy atom. The molecular weight excluding hydrogens is 370 g/mol. The molecule has 1 N–H and O–H groups in total. The Morgan fingerprint density at radius 3 is 2.34 bits per heavy atom. The molecule has 0 bridgehead atoms. The molecule has 29 heavy (non-hydrogen) atoms. The molecule has 0 fully saturated rings. The number of aromatic nitrogens is 1. The van der Waals surface area contributed by atoms with Gasteiger partial charge in [0.15, 0.2) is 5.78 Å². The van der Waals surface area contributed by atoms with Crippen LogP contribution in [0.15, 0.2) is 42.5 Å². The number of benzene rings is 2. The lowest BCUT2D eigenvalue weighted by molar-refractivity contribution is 0.0520. The van der Waals surface area contributed by atoms with Gasteiger partial charge in [0.25, 0.3) is 0 Å². The molecule has 2 aromatic carbocycles. The largest absolute Gasteiger partial charge is 0.465 e. The van der Waals surface area contributed by atoms with Crippen LogP contribution in [0.3, 0.4) is 0 Å². The molecule has 4 rings (SSSR count). The van der Waals surface area contributed by atoms with Crippen LogP contribution in [0.5, 0.6) is 0 Å². The van der Waals surface area contributed by atoms with Gasteiger partial charge >= 0.3 is 11.9 Å². The van der Waals surface area contributed by atoms with E-state index in [1.54, 1.807) is 25.1 Å². The molecule has 3 aromatic rings. The highest BCUT2D eigenvalue weighted by atomic mass is 16.5. The number of hydrogen-bond acceptors (Lipinski definition) is 5. The lowest BCUT2D eigenvalue weighted by atomic mass is 9.97. The van der Waals surface area contributed by atoms with Crippen LogP contribution in [0.25, 0.3) is 22.4 Å². The Balaban J connectivity index is 1.96. The molecule has 0 saturated heterocycles. The van der Waals surface area contributed by atoms with E-state index in [0.29, 0.717) is 33.5 Å². The van der Waals surface area contributed by atoms with Gasteiger partial charge in [0, 0.05) is 16.7 Å². The fourth-order valence-electron chi connectivity index (χ4n) is 3.62. The standard InChI is InChI=1S/C23H19NO5/c1-4-29-23(27)20-17(13-7-5-12(2)6-8-13)18-19(24-20)16-11-14(22(26)28-3)9-10-15(16)21(18)25/h5-11,24H,4H2,1-3H3. The first-order valence-electron chi connectivity index (χ1n) is 9.23. The van der Waals surface area contributed by atoms with E-state index in [2.05, 4.69) is 4.98 Å². The van der Waals surface area contributed by atoms with Gasteiger partial charge in [-0.2, -0.15) is 0 Å². The van der Waals surface area contributed by atoms with Crippen molar-refractivity contribution in [3.05, 3.63) is 70.4 Å². The lowest BCUT2D eigenvalue weighted by Gasteiger charge is -2.08. The molecule has 0 spiro atoms. The molecule has 0 atom stereocenters. The van der Waals surface area contributed by atoms with Gasteiger partial charge in [0.1, 0.15) is 5.69 Å². The van der Waals surface area contributed by atoms with E-state index in [1.807, 2.05) is 31.2 Å². The minimum absolute atomic E-state index is 0.200. The molecule has 0 saturated carbocycles. The summed E-state index contributed by atoms with van der Waals surface area (Å²) in [7, 11) is 1.30. The molecule has 0 radical (unpaired) electrons. The molecule has 0 unspecified atom stereocenters. The maximum Gasteiger partial charge on any atom is 0.355 e. The molecule has 1 aliphatic rings.